The fourth-order valence-corrected chi connectivity index (χ4v) is 7.02. The Labute approximate surface area is 254 Å². The van der Waals surface area contributed by atoms with Crippen molar-refractivity contribution in [2.45, 2.75) is 83.3 Å². The van der Waals surface area contributed by atoms with Crippen LogP contribution in [0.15, 0.2) is 71.6 Å². The zero-order valence-corrected chi connectivity index (χ0v) is 26.3. The van der Waals surface area contributed by atoms with Gasteiger partial charge in [-0.05, 0) is 75.4 Å². The minimum atomic E-state index is -4.16. The van der Waals surface area contributed by atoms with Crippen LogP contribution in [-0.4, -0.2) is 43.8 Å². The zero-order chi connectivity index (χ0) is 30.4. The molecule has 1 aliphatic carbocycles. The SMILES string of the molecule is CC[C@@H](C(=O)NC1CCCC1)N(Cc1ccc(C)cc1)C(=O)CN(c1cc(Cl)ccc1C)S(=O)(=O)c1ccc(C)cc1. The summed E-state index contributed by atoms with van der Waals surface area (Å²) in [6, 6.07) is 18.6. The number of nitrogens with one attached hydrogen (secondary N) is 1. The van der Waals surface area contributed by atoms with E-state index in [2.05, 4.69) is 5.32 Å². The lowest BCUT2D eigenvalue weighted by atomic mass is 10.1. The summed E-state index contributed by atoms with van der Waals surface area (Å²) in [6.45, 7) is 7.19. The molecule has 4 rings (SSSR count). The van der Waals surface area contributed by atoms with E-state index in [0.717, 1.165) is 46.7 Å². The lowest BCUT2D eigenvalue weighted by molar-refractivity contribution is -0.140. The molecular weight excluding hydrogens is 570 g/mol. The molecule has 0 unspecified atom stereocenters. The Morgan fingerprint density at radius 3 is 2.12 bits per heavy atom. The minimum absolute atomic E-state index is 0.0661. The number of amides is 2. The van der Waals surface area contributed by atoms with Crippen molar-refractivity contribution < 1.29 is 18.0 Å². The topological polar surface area (TPSA) is 86.8 Å². The Morgan fingerprint density at radius 1 is 0.929 bits per heavy atom. The van der Waals surface area contributed by atoms with Gasteiger partial charge in [0.25, 0.3) is 10.0 Å². The molecule has 1 aliphatic rings. The lowest BCUT2D eigenvalue weighted by Crippen LogP contribution is -2.53. The molecule has 1 N–H and O–H groups in total. The van der Waals surface area contributed by atoms with Crippen LogP contribution in [0.1, 0.15) is 61.3 Å². The molecule has 7 nitrogen and oxygen atoms in total. The number of nitrogens with zero attached hydrogens (tertiary/aromatic N) is 2. The quantitative estimate of drug-likeness (QED) is 0.275. The first-order valence-electron chi connectivity index (χ1n) is 14.5. The maximum absolute atomic E-state index is 14.3. The fraction of sp³-hybridized carbons (Fsp3) is 0.394. The van der Waals surface area contributed by atoms with E-state index in [1.54, 1.807) is 37.3 Å². The van der Waals surface area contributed by atoms with Gasteiger partial charge in [0.2, 0.25) is 11.8 Å². The molecule has 0 heterocycles. The third-order valence-corrected chi connectivity index (χ3v) is 9.90. The van der Waals surface area contributed by atoms with Crippen LogP contribution in [0.25, 0.3) is 0 Å². The Bertz CT molecular complexity index is 1500. The maximum atomic E-state index is 14.3. The molecular formula is C33H40ClN3O4S. The van der Waals surface area contributed by atoms with E-state index < -0.39 is 28.5 Å². The Hall–Kier alpha value is -3.36. The van der Waals surface area contributed by atoms with Crippen LogP contribution < -0.4 is 9.62 Å². The largest absolute Gasteiger partial charge is 0.352 e. The molecule has 2 amide bonds. The monoisotopic (exact) mass is 609 g/mol. The normalized spacial score (nSPS) is 14.4. The average Bonchev–Trinajstić information content (AvgIpc) is 3.47. The molecule has 3 aromatic rings. The molecule has 9 heteroatoms. The van der Waals surface area contributed by atoms with Gasteiger partial charge in [-0.15, -0.1) is 0 Å². The van der Waals surface area contributed by atoms with Crippen LogP contribution in [0.4, 0.5) is 5.69 Å². The number of rotatable bonds is 11. The summed E-state index contributed by atoms with van der Waals surface area (Å²) in [5.41, 5.74) is 3.82. The molecule has 0 bridgehead atoms. The lowest BCUT2D eigenvalue weighted by Gasteiger charge is -2.34. The Balaban J connectivity index is 1.74. The number of benzene rings is 3. The molecule has 0 spiro atoms. The molecule has 3 aromatic carbocycles. The number of hydrogen-bond donors (Lipinski definition) is 1. The molecule has 224 valence electrons. The third-order valence-electron chi connectivity index (χ3n) is 7.89. The van der Waals surface area contributed by atoms with Crippen molar-refractivity contribution in [3.05, 3.63) is 94.0 Å². The highest BCUT2D eigenvalue weighted by molar-refractivity contribution is 7.92. The number of carbonyl (C=O) groups excluding carboxylic acids is 2. The summed E-state index contributed by atoms with van der Waals surface area (Å²) in [7, 11) is -4.16. The van der Waals surface area contributed by atoms with Gasteiger partial charge in [0.1, 0.15) is 12.6 Å². The van der Waals surface area contributed by atoms with Crippen LogP contribution in [-0.2, 0) is 26.2 Å². The number of hydrogen-bond acceptors (Lipinski definition) is 4. The Kier molecular flexibility index (Phi) is 10.3. The number of anilines is 1. The van der Waals surface area contributed by atoms with E-state index in [0.29, 0.717) is 22.7 Å². The first-order chi connectivity index (χ1) is 20.0. The highest BCUT2D eigenvalue weighted by atomic mass is 35.5. The standard InChI is InChI=1S/C33H40ClN3O4S/c1-5-30(33(39)35-28-8-6-7-9-28)36(21-26-15-10-23(2)11-16-26)32(38)22-37(31-20-27(34)17-14-25(31)4)42(40,41)29-18-12-24(3)13-19-29/h10-20,28,30H,5-9,21-22H2,1-4H3,(H,35,39)/t30-/m0/s1. The average molecular weight is 610 g/mol. The molecule has 1 fully saturated rings. The maximum Gasteiger partial charge on any atom is 0.264 e. The second kappa shape index (κ2) is 13.7. The third kappa shape index (κ3) is 7.53. The zero-order valence-electron chi connectivity index (χ0n) is 24.8. The van der Waals surface area contributed by atoms with E-state index in [-0.39, 0.29) is 23.4 Å². The van der Waals surface area contributed by atoms with E-state index in [1.807, 2.05) is 45.0 Å². The molecule has 1 atom stereocenters. The summed E-state index contributed by atoms with van der Waals surface area (Å²) in [4.78, 5) is 29.4. The van der Waals surface area contributed by atoms with E-state index in [9.17, 15) is 18.0 Å². The van der Waals surface area contributed by atoms with Gasteiger partial charge < -0.3 is 10.2 Å². The molecule has 1 saturated carbocycles. The number of aryl methyl sites for hydroxylation is 3. The van der Waals surface area contributed by atoms with Gasteiger partial charge in [-0.1, -0.05) is 85.0 Å². The van der Waals surface area contributed by atoms with Crippen LogP contribution in [0.3, 0.4) is 0 Å². The highest BCUT2D eigenvalue weighted by Crippen LogP contribution is 2.30. The van der Waals surface area contributed by atoms with Gasteiger partial charge in [0, 0.05) is 17.6 Å². The van der Waals surface area contributed by atoms with Gasteiger partial charge >= 0.3 is 0 Å². The summed E-state index contributed by atoms with van der Waals surface area (Å²) >= 11 is 6.32. The second-order valence-electron chi connectivity index (χ2n) is 11.2. The van der Waals surface area contributed by atoms with Crippen molar-refractivity contribution in [2.75, 3.05) is 10.8 Å². The van der Waals surface area contributed by atoms with Gasteiger partial charge in [0.05, 0.1) is 10.6 Å². The van der Waals surface area contributed by atoms with Crippen molar-refractivity contribution in [1.82, 2.24) is 10.2 Å². The Morgan fingerprint density at radius 2 is 1.52 bits per heavy atom. The van der Waals surface area contributed by atoms with E-state index in [4.69, 9.17) is 11.6 Å². The van der Waals surface area contributed by atoms with Crippen molar-refractivity contribution in [1.29, 1.82) is 0 Å². The summed E-state index contributed by atoms with van der Waals surface area (Å²) in [5.74, 6) is -0.684. The van der Waals surface area contributed by atoms with Crippen LogP contribution in [0.5, 0.6) is 0 Å². The first kappa shape index (κ1) is 31.6. The van der Waals surface area contributed by atoms with Gasteiger partial charge in [0.15, 0.2) is 0 Å². The molecule has 42 heavy (non-hydrogen) atoms. The van der Waals surface area contributed by atoms with Gasteiger partial charge in [-0.2, -0.15) is 0 Å². The number of halogens is 1. The number of carbonyl (C=O) groups is 2. The minimum Gasteiger partial charge on any atom is -0.352 e. The van der Waals surface area contributed by atoms with Crippen LogP contribution in [0, 0.1) is 20.8 Å². The van der Waals surface area contributed by atoms with Crippen LogP contribution >= 0.6 is 11.6 Å². The molecule has 0 aromatic heterocycles. The predicted octanol–water partition coefficient (Wildman–Crippen LogP) is 6.33. The van der Waals surface area contributed by atoms with E-state index >= 15 is 0 Å². The summed E-state index contributed by atoms with van der Waals surface area (Å²) in [6.07, 6.45) is 4.36. The molecule has 0 radical (unpaired) electrons. The smallest absolute Gasteiger partial charge is 0.264 e. The highest BCUT2D eigenvalue weighted by Gasteiger charge is 2.35. The number of sulfonamides is 1. The van der Waals surface area contributed by atoms with Gasteiger partial charge in [-0.25, -0.2) is 8.42 Å². The van der Waals surface area contributed by atoms with Crippen molar-refractivity contribution in [2.24, 2.45) is 0 Å². The fourth-order valence-electron chi connectivity index (χ4n) is 5.38. The second-order valence-corrected chi connectivity index (χ2v) is 13.5. The van der Waals surface area contributed by atoms with Crippen molar-refractivity contribution >= 4 is 39.1 Å². The molecule has 0 aliphatic heterocycles. The summed E-state index contributed by atoms with van der Waals surface area (Å²) in [5, 5.41) is 3.49. The van der Waals surface area contributed by atoms with Crippen LogP contribution in [0.2, 0.25) is 5.02 Å². The van der Waals surface area contributed by atoms with Crippen molar-refractivity contribution in [3.63, 3.8) is 0 Å². The molecule has 0 saturated heterocycles. The van der Waals surface area contributed by atoms with Gasteiger partial charge in [-0.3, -0.25) is 13.9 Å². The predicted molar refractivity (Wildman–Crippen MR) is 168 cm³/mol. The first-order valence-corrected chi connectivity index (χ1v) is 16.3. The van der Waals surface area contributed by atoms with Crippen molar-refractivity contribution in [3.8, 4) is 0 Å². The van der Waals surface area contributed by atoms with E-state index in [1.165, 1.54) is 17.0 Å². The summed E-state index contributed by atoms with van der Waals surface area (Å²) < 4.78 is 29.3.